The number of carboxylic acid groups (broad SMARTS) is 1. The zero-order valence-electron chi connectivity index (χ0n) is 26.8. The Morgan fingerprint density at radius 1 is 0.865 bits per heavy atom. The molecule has 5 rings (SSSR count). The van der Waals surface area contributed by atoms with E-state index in [-0.39, 0.29) is 54.9 Å². The van der Waals surface area contributed by atoms with Crippen LogP contribution in [0, 0.1) is 28.9 Å². The fraction of sp³-hybridized carbons (Fsp3) is 0.382. The number of benzene rings is 3. The van der Waals surface area contributed by atoms with Gasteiger partial charge in [0, 0.05) is 37.3 Å². The van der Waals surface area contributed by atoms with E-state index in [0.717, 1.165) is 35.2 Å². The number of nitriles is 1. The van der Waals surface area contributed by atoms with Crippen LogP contribution in [0.4, 0.5) is 39.9 Å². The summed E-state index contributed by atoms with van der Waals surface area (Å²) in [6.45, 7) is -2.48. The second-order valence-corrected chi connectivity index (χ2v) is 14.7. The van der Waals surface area contributed by atoms with E-state index in [1.807, 2.05) is 6.07 Å². The number of halogens is 8. The second kappa shape index (κ2) is 14.0. The molecule has 0 aromatic heterocycles. The lowest BCUT2D eigenvalue weighted by atomic mass is 9.88. The van der Waals surface area contributed by atoms with E-state index >= 15 is 0 Å². The van der Waals surface area contributed by atoms with Crippen LogP contribution in [0.5, 0.6) is 0 Å². The SMILES string of the molecule is N#Cc1ccc(S(=O)(=O)C2(c3ccc(C(OCc4c(F)cccc4F)(C(F)(F)F)C(F)(F)F)cc3)CCN(C(=O)N3CCC(C(=O)O)CC3)C2)cc1. The van der Waals surface area contributed by atoms with Crippen LogP contribution in [0.1, 0.15) is 41.5 Å². The molecule has 0 saturated carbocycles. The molecule has 52 heavy (non-hydrogen) atoms. The average Bonchev–Trinajstić information content (AvgIpc) is 3.56. The number of alkyl halides is 6. The van der Waals surface area contributed by atoms with Gasteiger partial charge in [0.1, 0.15) is 16.4 Å². The number of sulfone groups is 1. The third-order valence-electron chi connectivity index (χ3n) is 9.54. The average molecular weight is 760 g/mol. The van der Waals surface area contributed by atoms with E-state index in [4.69, 9.17) is 0 Å². The highest BCUT2D eigenvalue weighted by atomic mass is 32.2. The normalized spacial score (nSPS) is 19.1. The number of carboxylic acids is 1. The molecule has 3 aromatic carbocycles. The molecule has 0 spiro atoms. The Kier molecular flexibility index (Phi) is 10.4. The maximum Gasteiger partial charge on any atom is 0.430 e. The molecule has 2 aliphatic rings. The Hall–Kier alpha value is -4.76. The quantitative estimate of drug-likeness (QED) is 0.255. The number of carbonyl (C=O) groups is 2. The summed E-state index contributed by atoms with van der Waals surface area (Å²) in [5.74, 6) is -4.62. The van der Waals surface area contributed by atoms with Gasteiger partial charge < -0.3 is 19.6 Å². The number of carbonyl (C=O) groups excluding carboxylic acids is 1. The van der Waals surface area contributed by atoms with Gasteiger partial charge >= 0.3 is 24.4 Å². The first kappa shape index (κ1) is 38.5. The third-order valence-corrected chi connectivity index (χ3v) is 12.0. The lowest BCUT2D eigenvalue weighted by Gasteiger charge is -2.38. The van der Waals surface area contributed by atoms with Crippen LogP contribution in [0.15, 0.2) is 71.6 Å². The van der Waals surface area contributed by atoms with E-state index in [1.54, 1.807) is 0 Å². The molecular weight excluding hydrogens is 730 g/mol. The molecule has 2 fully saturated rings. The number of amides is 2. The van der Waals surface area contributed by atoms with Gasteiger partial charge in [-0.3, -0.25) is 4.79 Å². The number of piperidine rings is 1. The minimum atomic E-state index is -6.24. The summed E-state index contributed by atoms with van der Waals surface area (Å²) in [6, 6.07) is 10.1. The maximum absolute atomic E-state index is 14.6. The maximum atomic E-state index is 14.6. The predicted octanol–water partition coefficient (Wildman–Crippen LogP) is 6.66. The smallest absolute Gasteiger partial charge is 0.430 e. The standard InChI is InChI=1S/C34H29F8N3O6S/c35-27-2-1-3-28(36)26(27)19-51-32(33(37,38)39,34(40,41)42)24-8-6-23(7-9-24)31(52(49,50)25-10-4-21(18-43)5-11-25)14-17-45(20-31)30(48)44-15-12-22(13-16-44)29(46)47/h1-11,22H,12-17,19-20H2,(H,46,47). The van der Waals surface area contributed by atoms with Crippen LogP contribution in [-0.4, -0.2) is 73.9 Å². The van der Waals surface area contributed by atoms with Gasteiger partial charge in [0.05, 0.1) is 29.1 Å². The number of ether oxygens (including phenoxy) is 1. The number of hydrogen-bond acceptors (Lipinski definition) is 6. The van der Waals surface area contributed by atoms with Gasteiger partial charge in [0.25, 0.3) is 5.60 Å². The predicted molar refractivity (Wildman–Crippen MR) is 165 cm³/mol. The van der Waals surface area contributed by atoms with Crippen LogP contribution in [0.25, 0.3) is 0 Å². The molecule has 1 N–H and O–H groups in total. The van der Waals surface area contributed by atoms with Crippen molar-refractivity contribution in [2.24, 2.45) is 5.92 Å². The Bertz CT molecular complexity index is 1940. The molecule has 2 saturated heterocycles. The molecule has 278 valence electrons. The van der Waals surface area contributed by atoms with Crippen molar-refractivity contribution >= 4 is 21.8 Å². The monoisotopic (exact) mass is 759 g/mol. The molecule has 0 aliphatic carbocycles. The minimum absolute atomic E-state index is 0.0458. The van der Waals surface area contributed by atoms with E-state index in [0.29, 0.717) is 24.3 Å². The zero-order valence-corrected chi connectivity index (χ0v) is 27.7. The first-order valence-corrected chi connectivity index (χ1v) is 17.1. The van der Waals surface area contributed by atoms with Crippen LogP contribution < -0.4 is 0 Å². The summed E-state index contributed by atoms with van der Waals surface area (Å²) in [5, 5.41) is 18.5. The summed E-state index contributed by atoms with van der Waals surface area (Å²) in [4.78, 5) is 27.1. The van der Waals surface area contributed by atoms with Crippen LogP contribution in [0.2, 0.25) is 0 Å². The fourth-order valence-corrected chi connectivity index (χ4v) is 8.68. The van der Waals surface area contributed by atoms with Crippen LogP contribution in [0.3, 0.4) is 0 Å². The van der Waals surface area contributed by atoms with E-state index < -0.39 is 86.4 Å². The van der Waals surface area contributed by atoms with E-state index in [9.17, 15) is 63.5 Å². The summed E-state index contributed by atoms with van der Waals surface area (Å²) in [5.41, 5.74) is -8.06. The number of hydrogen-bond donors (Lipinski definition) is 1. The Morgan fingerprint density at radius 2 is 1.42 bits per heavy atom. The molecule has 2 aliphatic heterocycles. The van der Waals surface area contributed by atoms with E-state index in [2.05, 4.69) is 4.74 Å². The number of nitrogens with zero attached hydrogens (tertiary/aromatic N) is 3. The van der Waals surface area contributed by atoms with Gasteiger partial charge in [-0.1, -0.05) is 30.3 Å². The lowest BCUT2D eigenvalue weighted by Crippen LogP contribution is -2.56. The van der Waals surface area contributed by atoms with Crippen molar-refractivity contribution in [3.8, 4) is 6.07 Å². The molecule has 9 nitrogen and oxygen atoms in total. The van der Waals surface area contributed by atoms with Gasteiger partial charge in [-0.15, -0.1) is 0 Å². The lowest BCUT2D eigenvalue weighted by molar-refractivity contribution is -0.392. The Labute approximate surface area is 291 Å². The zero-order chi connectivity index (χ0) is 38.3. The van der Waals surface area contributed by atoms with Gasteiger partial charge in [0.2, 0.25) is 0 Å². The highest BCUT2D eigenvalue weighted by Gasteiger charge is 2.73. The van der Waals surface area contributed by atoms with Crippen molar-refractivity contribution in [2.45, 2.75) is 53.5 Å². The molecule has 18 heteroatoms. The van der Waals surface area contributed by atoms with Crippen molar-refractivity contribution in [3.05, 3.63) is 101 Å². The Balaban J connectivity index is 1.57. The molecule has 0 bridgehead atoms. The molecule has 2 amide bonds. The first-order chi connectivity index (χ1) is 24.3. The fourth-order valence-electron chi connectivity index (χ4n) is 6.60. The summed E-state index contributed by atoms with van der Waals surface area (Å²) >= 11 is 0. The van der Waals surface area contributed by atoms with Gasteiger partial charge in [-0.25, -0.2) is 22.0 Å². The largest absolute Gasteiger partial charge is 0.481 e. The molecule has 3 aromatic rings. The topological polar surface area (TPSA) is 128 Å². The number of urea groups is 1. The van der Waals surface area contributed by atoms with Crippen molar-refractivity contribution in [1.82, 2.24) is 9.80 Å². The molecule has 0 radical (unpaired) electrons. The van der Waals surface area contributed by atoms with Crippen molar-refractivity contribution in [3.63, 3.8) is 0 Å². The molecular formula is C34H29F8N3O6S. The molecule has 1 unspecified atom stereocenters. The van der Waals surface area contributed by atoms with E-state index in [1.165, 1.54) is 17.0 Å². The highest BCUT2D eigenvalue weighted by molar-refractivity contribution is 7.92. The Morgan fingerprint density at radius 3 is 1.92 bits per heavy atom. The number of aliphatic carboxylic acids is 1. The van der Waals surface area contributed by atoms with Crippen LogP contribution >= 0.6 is 0 Å². The third kappa shape index (κ3) is 6.67. The molecule has 2 heterocycles. The van der Waals surface area contributed by atoms with Crippen molar-refractivity contribution in [1.29, 1.82) is 5.26 Å². The van der Waals surface area contributed by atoms with Gasteiger partial charge in [-0.05, 0) is 61.2 Å². The van der Waals surface area contributed by atoms with Crippen molar-refractivity contribution < 1.29 is 63.0 Å². The minimum Gasteiger partial charge on any atom is -0.481 e. The van der Waals surface area contributed by atoms with Crippen molar-refractivity contribution in [2.75, 3.05) is 26.2 Å². The summed E-state index contributed by atoms with van der Waals surface area (Å²) < 4.78 is 147. The van der Waals surface area contributed by atoms with Crippen LogP contribution in [-0.2, 0) is 36.3 Å². The second-order valence-electron chi connectivity index (χ2n) is 12.4. The summed E-state index contributed by atoms with van der Waals surface area (Å²) in [6.07, 6.45) is -12.6. The first-order valence-electron chi connectivity index (χ1n) is 15.6. The molecule has 1 atom stereocenters. The summed E-state index contributed by atoms with van der Waals surface area (Å²) in [7, 11) is -4.62. The van der Waals surface area contributed by atoms with Gasteiger partial charge in [-0.2, -0.15) is 31.6 Å². The number of likely N-dealkylation sites (tertiary alicyclic amines) is 2. The van der Waals surface area contributed by atoms with Gasteiger partial charge in [0.15, 0.2) is 9.84 Å². The number of rotatable bonds is 8. The highest BCUT2D eigenvalue weighted by Crippen LogP contribution is 2.54.